The van der Waals surface area contributed by atoms with Crippen LogP contribution in [0.25, 0.3) is 6.08 Å². The van der Waals surface area contributed by atoms with Gasteiger partial charge >= 0.3 is 0 Å². The lowest BCUT2D eigenvalue weighted by Crippen LogP contribution is -2.27. The van der Waals surface area contributed by atoms with Crippen LogP contribution in [-0.4, -0.2) is 11.7 Å². The fraction of sp³-hybridized carbons (Fsp3) is 0.0400. The maximum absolute atomic E-state index is 13.0. The van der Waals surface area contributed by atoms with Gasteiger partial charge in [0, 0.05) is 17.5 Å². The van der Waals surface area contributed by atoms with Crippen LogP contribution in [0.3, 0.4) is 0 Å². The minimum Gasteiger partial charge on any atom is -0.321 e. The summed E-state index contributed by atoms with van der Waals surface area (Å²) in [5, 5.41) is 3.52. The van der Waals surface area contributed by atoms with E-state index < -0.39 is 5.91 Å². The number of fused-ring (bicyclic) bond motifs is 1. The SMILES string of the molecule is O=C1Nc2ccc(C#CCc3ccccc3)cc2C(=O)/C1=C\c1ccc(Cl)c(Cl)c1. The van der Waals surface area contributed by atoms with Gasteiger partial charge in [0.1, 0.15) is 0 Å². The molecule has 5 heteroatoms. The van der Waals surface area contributed by atoms with Crippen molar-refractivity contribution < 1.29 is 9.59 Å². The average molecular weight is 432 g/mol. The maximum atomic E-state index is 13.0. The van der Waals surface area contributed by atoms with Gasteiger partial charge in [-0.25, -0.2) is 0 Å². The van der Waals surface area contributed by atoms with Crippen molar-refractivity contribution in [3.63, 3.8) is 0 Å². The third-order valence-corrected chi connectivity index (χ3v) is 5.36. The topological polar surface area (TPSA) is 46.2 Å². The third-order valence-electron chi connectivity index (χ3n) is 4.62. The molecule has 4 rings (SSSR count). The molecule has 0 atom stereocenters. The van der Waals surface area contributed by atoms with Crippen LogP contribution in [0.5, 0.6) is 0 Å². The van der Waals surface area contributed by atoms with Gasteiger partial charge in [0.05, 0.1) is 21.3 Å². The second-order valence-electron chi connectivity index (χ2n) is 6.74. The molecule has 0 unspecified atom stereocenters. The summed E-state index contributed by atoms with van der Waals surface area (Å²) >= 11 is 12.0. The Hall–Kier alpha value is -3.32. The van der Waals surface area contributed by atoms with E-state index in [1.54, 1.807) is 36.4 Å². The lowest BCUT2D eigenvalue weighted by atomic mass is 9.94. The summed E-state index contributed by atoms with van der Waals surface area (Å²) in [4.78, 5) is 25.4. The number of amides is 1. The smallest absolute Gasteiger partial charge is 0.259 e. The first kappa shape index (κ1) is 20.0. The van der Waals surface area contributed by atoms with E-state index in [0.29, 0.717) is 38.8 Å². The van der Waals surface area contributed by atoms with Crippen molar-refractivity contribution in [3.8, 4) is 11.8 Å². The van der Waals surface area contributed by atoms with Crippen molar-refractivity contribution in [2.45, 2.75) is 6.42 Å². The zero-order valence-electron chi connectivity index (χ0n) is 15.7. The monoisotopic (exact) mass is 431 g/mol. The lowest BCUT2D eigenvalue weighted by molar-refractivity contribution is -0.112. The Morgan fingerprint density at radius 1 is 0.900 bits per heavy atom. The first-order valence-electron chi connectivity index (χ1n) is 9.21. The summed E-state index contributed by atoms with van der Waals surface area (Å²) in [6.45, 7) is 0. The minimum absolute atomic E-state index is 0.0373. The van der Waals surface area contributed by atoms with Gasteiger partial charge in [-0.2, -0.15) is 0 Å². The highest BCUT2D eigenvalue weighted by Gasteiger charge is 2.28. The number of carbonyl (C=O) groups excluding carboxylic acids is 2. The normalized spacial score (nSPS) is 14.0. The van der Waals surface area contributed by atoms with Crippen LogP contribution < -0.4 is 5.32 Å². The average Bonchev–Trinajstić information content (AvgIpc) is 2.75. The molecule has 1 aliphatic rings. The standard InChI is InChI=1S/C25H15Cl2NO2/c26-21-11-9-18(15-22(21)27)14-20-24(29)19-13-17(10-12-23(19)28-25(20)30)8-4-7-16-5-2-1-3-6-16/h1-3,5-6,9-15H,7H2,(H,28,30)/b20-14+. The van der Waals surface area contributed by atoms with Crippen molar-refractivity contribution in [1.29, 1.82) is 0 Å². The van der Waals surface area contributed by atoms with Crippen LogP contribution >= 0.6 is 23.2 Å². The van der Waals surface area contributed by atoms with Gasteiger partial charge in [0.15, 0.2) is 0 Å². The van der Waals surface area contributed by atoms with Gasteiger partial charge in [-0.05, 0) is 47.5 Å². The zero-order chi connectivity index (χ0) is 21.1. The summed E-state index contributed by atoms with van der Waals surface area (Å²) in [5.74, 6) is 5.40. The molecule has 1 aliphatic heterocycles. The molecule has 146 valence electrons. The highest BCUT2D eigenvalue weighted by Crippen LogP contribution is 2.29. The highest BCUT2D eigenvalue weighted by atomic mass is 35.5. The van der Waals surface area contributed by atoms with Crippen molar-refractivity contribution in [2.75, 3.05) is 5.32 Å². The lowest BCUT2D eigenvalue weighted by Gasteiger charge is -2.18. The first-order valence-corrected chi connectivity index (χ1v) is 9.96. The Balaban J connectivity index is 1.62. The molecule has 1 N–H and O–H groups in total. The molecule has 0 saturated carbocycles. The van der Waals surface area contributed by atoms with Crippen LogP contribution in [0.15, 0.2) is 72.3 Å². The van der Waals surface area contributed by atoms with E-state index in [2.05, 4.69) is 17.2 Å². The number of rotatable bonds is 2. The summed E-state index contributed by atoms with van der Waals surface area (Å²) < 4.78 is 0. The Bertz CT molecular complexity index is 1250. The molecule has 3 nitrogen and oxygen atoms in total. The molecule has 0 spiro atoms. The van der Waals surface area contributed by atoms with Crippen LogP contribution in [-0.2, 0) is 11.2 Å². The number of nitrogens with one attached hydrogen (secondary N) is 1. The summed E-state index contributed by atoms with van der Waals surface area (Å²) in [6.07, 6.45) is 2.13. The fourth-order valence-corrected chi connectivity index (χ4v) is 3.41. The third kappa shape index (κ3) is 4.31. The van der Waals surface area contributed by atoms with E-state index in [0.717, 1.165) is 5.56 Å². The number of halogens is 2. The summed E-state index contributed by atoms with van der Waals surface area (Å²) in [6, 6.07) is 20.1. The molecule has 1 amide bonds. The first-order chi connectivity index (χ1) is 14.5. The molecule has 0 saturated heterocycles. The van der Waals surface area contributed by atoms with Gasteiger partial charge in [-0.3, -0.25) is 9.59 Å². The second kappa shape index (κ2) is 8.59. The number of benzene rings is 3. The Morgan fingerprint density at radius 3 is 2.47 bits per heavy atom. The van der Waals surface area contributed by atoms with Gasteiger partial charge in [-0.15, -0.1) is 0 Å². The minimum atomic E-state index is -0.457. The molecule has 0 bridgehead atoms. The van der Waals surface area contributed by atoms with E-state index in [9.17, 15) is 9.59 Å². The van der Waals surface area contributed by atoms with Crippen molar-refractivity contribution in [1.82, 2.24) is 0 Å². The Labute approximate surface area is 184 Å². The maximum Gasteiger partial charge on any atom is 0.259 e. The number of anilines is 1. The van der Waals surface area contributed by atoms with Gasteiger partial charge in [0.25, 0.3) is 5.91 Å². The number of Topliss-reactive ketones (excluding diaryl/α,β-unsaturated/α-hetero) is 1. The molecule has 0 aromatic heterocycles. The van der Waals surface area contributed by atoms with E-state index >= 15 is 0 Å². The van der Waals surface area contributed by atoms with Crippen LogP contribution in [0.1, 0.15) is 27.0 Å². The molecular weight excluding hydrogens is 417 g/mol. The number of ketones is 1. The van der Waals surface area contributed by atoms with Crippen LogP contribution in [0.4, 0.5) is 5.69 Å². The van der Waals surface area contributed by atoms with Crippen molar-refractivity contribution in [2.24, 2.45) is 0 Å². The number of hydrogen-bond donors (Lipinski definition) is 1. The summed E-state index contributed by atoms with van der Waals surface area (Å²) in [5.41, 5.74) is 3.37. The molecule has 30 heavy (non-hydrogen) atoms. The van der Waals surface area contributed by atoms with Gasteiger partial charge < -0.3 is 5.32 Å². The van der Waals surface area contributed by atoms with Crippen LogP contribution in [0.2, 0.25) is 10.0 Å². The second-order valence-corrected chi connectivity index (χ2v) is 7.55. The van der Waals surface area contributed by atoms with E-state index in [1.165, 1.54) is 6.08 Å². The molecule has 3 aromatic rings. The summed E-state index contributed by atoms with van der Waals surface area (Å²) in [7, 11) is 0. The zero-order valence-corrected chi connectivity index (χ0v) is 17.2. The molecule has 0 aliphatic carbocycles. The molecule has 0 fully saturated rings. The van der Waals surface area contributed by atoms with Crippen molar-refractivity contribution >= 4 is 46.7 Å². The highest BCUT2D eigenvalue weighted by molar-refractivity contribution is 6.42. The predicted octanol–water partition coefficient (Wildman–Crippen LogP) is 5.81. The molecule has 1 heterocycles. The molecule has 0 radical (unpaired) electrons. The van der Waals surface area contributed by atoms with Crippen molar-refractivity contribution in [3.05, 3.63) is 105 Å². The van der Waals surface area contributed by atoms with Gasteiger partial charge in [0.2, 0.25) is 5.78 Å². The number of hydrogen-bond acceptors (Lipinski definition) is 2. The molecule has 3 aromatic carbocycles. The number of carbonyl (C=O) groups is 2. The van der Waals surface area contributed by atoms with Crippen LogP contribution in [0, 0.1) is 11.8 Å². The predicted molar refractivity (Wildman–Crippen MR) is 121 cm³/mol. The molecular formula is C25H15Cl2NO2. The quantitative estimate of drug-likeness (QED) is 0.316. The van der Waals surface area contributed by atoms with Gasteiger partial charge in [-0.1, -0.05) is 71.4 Å². The largest absolute Gasteiger partial charge is 0.321 e. The van der Waals surface area contributed by atoms with E-state index in [-0.39, 0.29) is 11.4 Å². The van der Waals surface area contributed by atoms with E-state index in [4.69, 9.17) is 23.2 Å². The Morgan fingerprint density at radius 2 is 1.70 bits per heavy atom. The fourth-order valence-electron chi connectivity index (χ4n) is 3.10. The Kier molecular flexibility index (Phi) is 5.72. The van der Waals surface area contributed by atoms with E-state index in [1.807, 2.05) is 30.3 Å².